The fraction of sp³-hybridized carbons (Fsp3) is 0.522. The van der Waals surface area contributed by atoms with Gasteiger partial charge in [-0.15, -0.1) is 0 Å². The topological polar surface area (TPSA) is 79.3 Å². The smallest absolute Gasteiger partial charge is 0.315 e. The first kappa shape index (κ1) is 23.4. The van der Waals surface area contributed by atoms with Crippen LogP contribution >= 0.6 is 0 Å². The second kappa shape index (κ2) is 8.90. The van der Waals surface area contributed by atoms with Gasteiger partial charge < -0.3 is 15.5 Å². The summed E-state index contributed by atoms with van der Waals surface area (Å²) in [5.41, 5.74) is 2.28. The molecule has 2 N–H and O–H groups in total. The highest BCUT2D eigenvalue weighted by molar-refractivity contribution is 5.96. The molecule has 0 saturated carbocycles. The summed E-state index contributed by atoms with van der Waals surface area (Å²) in [6.07, 6.45) is 0. The average Bonchev–Trinajstić information content (AvgIpc) is 3.06. The maximum absolute atomic E-state index is 12.7. The van der Waals surface area contributed by atoms with Gasteiger partial charge in [0.05, 0.1) is 11.2 Å². The van der Waals surface area contributed by atoms with Gasteiger partial charge in [-0.05, 0) is 46.8 Å². The van der Waals surface area contributed by atoms with Crippen LogP contribution in [0.15, 0.2) is 30.3 Å². The number of likely N-dealkylation sites (N-methyl/N-ethyl adjacent to an activating group) is 1. The van der Waals surface area contributed by atoms with Gasteiger partial charge in [0.1, 0.15) is 12.4 Å². The predicted molar refractivity (Wildman–Crippen MR) is 122 cm³/mol. The minimum Gasteiger partial charge on any atom is -0.315 e. The van der Waals surface area contributed by atoms with E-state index in [1.807, 2.05) is 69.6 Å². The Bertz CT molecular complexity index is 886. The Hall–Kier alpha value is -2.83. The van der Waals surface area contributed by atoms with Crippen LogP contribution < -0.4 is 10.6 Å². The number of nitrogens with one attached hydrogen (secondary N) is 2. The van der Waals surface area contributed by atoms with Gasteiger partial charge in [0, 0.05) is 23.7 Å². The largest absolute Gasteiger partial charge is 0.322 e. The van der Waals surface area contributed by atoms with E-state index in [9.17, 15) is 9.59 Å². The summed E-state index contributed by atoms with van der Waals surface area (Å²) in [7, 11) is 0. The quantitative estimate of drug-likeness (QED) is 0.743. The Kier molecular flexibility index (Phi) is 6.95. The van der Waals surface area contributed by atoms with Gasteiger partial charge in [0.25, 0.3) is 0 Å². The van der Waals surface area contributed by atoms with Crippen LogP contribution in [0.1, 0.15) is 59.7 Å². The molecule has 0 spiro atoms. The lowest BCUT2D eigenvalue weighted by molar-refractivity contribution is -0.116. The van der Waals surface area contributed by atoms with E-state index in [2.05, 4.69) is 31.4 Å². The monoisotopic (exact) mass is 413 g/mol. The van der Waals surface area contributed by atoms with Gasteiger partial charge in [-0.3, -0.25) is 4.79 Å². The molecule has 0 radical (unpaired) electrons. The molecule has 0 saturated heterocycles. The number of nitrogens with zero attached hydrogens (tertiary/aromatic N) is 3. The fourth-order valence-electron chi connectivity index (χ4n) is 2.87. The molecule has 7 nitrogen and oxygen atoms in total. The number of hydrogen-bond donors (Lipinski definition) is 2. The van der Waals surface area contributed by atoms with E-state index in [1.165, 1.54) is 4.90 Å². The Labute approximate surface area is 179 Å². The zero-order valence-electron chi connectivity index (χ0n) is 19.5. The number of carbonyl (C=O) groups excluding carboxylic acids is 2. The van der Waals surface area contributed by atoms with Gasteiger partial charge in [-0.25, -0.2) is 9.48 Å². The molecule has 30 heavy (non-hydrogen) atoms. The van der Waals surface area contributed by atoms with E-state index in [-0.39, 0.29) is 29.4 Å². The van der Waals surface area contributed by atoms with Crippen LogP contribution in [0.5, 0.6) is 0 Å². The molecule has 0 aliphatic heterocycles. The third-order valence-electron chi connectivity index (χ3n) is 4.69. The van der Waals surface area contributed by atoms with Crippen LogP contribution in [0, 0.1) is 6.92 Å². The number of aromatic nitrogens is 2. The third kappa shape index (κ3) is 6.08. The van der Waals surface area contributed by atoms with Crippen molar-refractivity contribution in [3.8, 4) is 0 Å². The second-order valence-corrected chi connectivity index (χ2v) is 9.61. The minimum atomic E-state index is -0.309. The summed E-state index contributed by atoms with van der Waals surface area (Å²) in [6.45, 7) is 16.6. The maximum Gasteiger partial charge on any atom is 0.322 e. The molecule has 1 aromatic heterocycles. The number of aryl methyl sites for hydroxylation is 1. The standard InChI is InChI=1S/C23H35N5O2/c1-9-27(21(30)24-17-12-10-16(2)11-13-17)15-20(29)25-19-14-18(22(3,4)5)26-28(19)23(6,7)8/h10-14H,9,15H2,1-8H3,(H,24,30)(H,25,29). The number of benzene rings is 1. The highest BCUT2D eigenvalue weighted by Gasteiger charge is 2.26. The predicted octanol–water partition coefficient (Wildman–Crippen LogP) is 4.74. The molecule has 1 heterocycles. The Morgan fingerprint density at radius 1 is 1.03 bits per heavy atom. The molecule has 0 fully saturated rings. The molecule has 0 aliphatic carbocycles. The zero-order valence-corrected chi connectivity index (χ0v) is 19.5. The van der Waals surface area contributed by atoms with Crippen LogP contribution in [-0.4, -0.2) is 39.7 Å². The molecule has 3 amide bonds. The van der Waals surface area contributed by atoms with Crippen LogP contribution in [0.2, 0.25) is 0 Å². The van der Waals surface area contributed by atoms with Crippen molar-refractivity contribution in [2.75, 3.05) is 23.7 Å². The molecule has 164 valence electrons. The highest BCUT2D eigenvalue weighted by atomic mass is 16.2. The summed E-state index contributed by atoms with van der Waals surface area (Å²) in [4.78, 5) is 26.8. The van der Waals surface area contributed by atoms with E-state index in [0.29, 0.717) is 18.1 Å². The summed E-state index contributed by atoms with van der Waals surface area (Å²) >= 11 is 0. The molecule has 1 aromatic carbocycles. The van der Waals surface area contributed by atoms with Crippen molar-refractivity contribution in [3.05, 3.63) is 41.6 Å². The van der Waals surface area contributed by atoms with Gasteiger partial charge >= 0.3 is 6.03 Å². The molecule has 0 bridgehead atoms. The average molecular weight is 414 g/mol. The lowest BCUT2D eigenvalue weighted by atomic mass is 9.92. The Balaban J connectivity index is 2.12. The normalized spacial score (nSPS) is 11.9. The van der Waals surface area contributed by atoms with Gasteiger partial charge in [0.15, 0.2) is 0 Å². The SMILES string of the molecule is CCN(CC(=O)Nc1cc(C(C)(C)C)nn1C(C)(C)C)C(=O)Nc1ccc(C)cc1. The van der Waals surface area contributed by atoms with E-state index in [1.54, 1.807) is 0 Å². The van der Waals surface area contributed by atoms with Crippen molar-refractivity contribution in [3.63, 3.8) is 0 Å². The van der Waals surface area contributed by atoms with Crippen molar-refractivity contribution in [1.29, 1.82) is 0 Å². The molecule has 2 rings (SSSR count). The molecular formula is C23H35N5O2. The Morgan fingerprint density at radius 3 is 2.13 bits per heavy atom. The number of hydrogen-bond acceptors (Lipinski definition) is 3. The number of anilines is 2. The third-order valence-corrected chi connectivity index (χ3v) is 4.69. The van der Waals surface area contributed by atoms with Crippen LogP contribution in [0.3, 0.4) is 0 Å². The molecular weight excluding hydrogens is 378 g/mol. The lowest BCUT2D eigenvalue weighted by Gasteiger charge is -2.24. The minimum absolute atomic E-state index is 0.0473. The van der Waals surface area contributed by atoms with Gasteiger partial charge in [-0.1, -0.05) is 38.5 Å². The van der Waals surface area contributed by atoms with Crippen molar-refractivity contribution in [2.45, 2.75) is 66.3 Å². The molecule has 0 atom stereocenters. The van der Waals surface area contributed by atoms with Gasteiger partial charge in [-0.2, -0.15) is 5.10 Å². The van der Waals surface area contributed by atoms with Crippen molar-refractivity contribution in [2.24, 2.45) is 0 Å². The summed E-state index contributed by atoms with van der Waals surface area (Å²) < 4.78 is 1.83. The number of rotatable bonds is 5. The van der Waals surface area contributed by atoms with Crippen LogP contribution in [0.25, 0.3) is 0 Å². The first-order chi connectivity index (χ1) is 13.8. The molecule has 7 heteroatoms. The van der Waals surface area contributed by atoms with E-state index >= 15 is 0 Å². The van der Waals surface area contributed by atoms with E-state index in [0.717, 1.165) is 11.3 Å². The van der Waals surface area contributed by atoms with Crippen molar-refractivity contribution >= 4 is 23.4 Å². The van der Waals surface area contributed by atoms with Crippen molar-refractivity contribution < 1.29 is 9.59 Å². The first-order valence-corrected chi connectivity index (χ1v) is 10.3. The van der Waals surface area contributed by atoms with Crippen molar-refractivity contribution in [1.82, 2.24) is 14.7 Å². The van der Waals surface area contributed by atoms with E-state index in [4.69, 9.17) is 5.10 Å². The molecule has 0 aliphatic rings. The first-order valence-electron chi connectivity index (χ1n) is 10.3. The molecule has 0 unspecified atom stereocenters. The number of urea groups is 1. The number of carbonyl (C=O) groups is 2. The molecule has 2 aromatic rings. The summed E-state index contributed by atoms with van der Waals surface area (Å²) in [5, 5.41) is 10.5. The zero-order chi connectivity index (χ0) is 22.7. The second-order valence-electron chi connectivity index (χ2n) is 9.61. The summed E-state index contributed by atoms with van der Waals surface area (Å²) in [5.74, 6) is 0.370. The summed E-state index contributed by atoms with van der Waals surface area (Å²) in [6, 6.07) is 9.15. The van der Waals surface area contributed by atoms with Crippen LogP contribution in [0.4, 0.5) is 16.3 Å². The number of amides is 3. The fourth-order valence-corrected chi connectivity index (χ4v) is 2.87. The van der Waals surface area contributed by atoms with Gasteiger partial charge in [0.2, 0.25) is 5.91 Å². The van der Waals surface area contributed by atoms with Crippen LogP contribution in [-0.2, 0) is 15.7 Å². The van der Waals surface area contributed by atoms with E-state index < -0.39 is 0 Å². The highest BCUT2D eigenvalue weighted by Crippen LogP contribution is 2.28. The maximum atomic E-state index is 12.7. The lowest BCUT2D eigenvalue weighted by Crippen LogP contribution is -2.41. The Morgan fingerprint density at radius 2 is 1.63 bits per heavy atom.